The molecule has 2 N–H and O–H groups in total. The Morgan fingerprint density at radius 1 is 1.47 bits per heavy atom. The van der Waals surface area contributed by atoms with Crippen molar-refractivity contribution >= 4 is 16.6 Å². The van der Waals surface area contributed by atoms with E-state index in [1.54, 1.807) is 0 Å². The lowest BCUT2D eigenvalue weighted by Crippen LogP contribution is -2.10. The van der Waals surface area contributed by atoms with Crippen LogP contribution in [0.1, 0.15) is 19.3 Å². The Hall–Kier alpha value is -1.55. The van der Waals surface area contributed by atoms with Gasteiger partial charge in [-0.05, 0) is 37.5 Å². The molecule has 1 aliphatic heterocycles. The number of nitrogens with two attached hydrogens (primary N) is 1. The Labute approximate surface area is 100 Å². The number of fused-ring (bicyclic) bond motifs is 1. The lowest BCUT2D eigenvalue weighted by atomic mass is 10.2. The van der Waals surface area contributed by atoms with Gasteiger partial charge in [0.2, 0.25) is 0 Å². The topological polar surface area (TPSA) is 53.1 Å². The third-order valence-corrected chi connectivity index (χ3v) is 3.36. The van der Waals surface area contributed by atoms with Crippen LogP contribution in [-0.4, -0.2) is 22.5 Å². The van der Waals surface area contributed by atoms with E-state index in [1.807, 2.05) is 29.1 Å². The first-order valence-corrected chi connectivity index (χ1v) is 6.15. The Kier molecular flexibility index (Phi) is 2.73. The fourth-order valence-corrected chi connectivity index (χ4v) is 2.40. The van der Waals surface area contributed by atoms with E-state index in [0.717, 1.165) is 36.2 Å². The maximum atomic E-state index is 5.80. The summed E-state index contributed by atoms with van der Waals surface area (Å²) >= 11 is 0. The van der Waals surface area contributed by atoms with Gasteiger partial charge in [0.1, 0.15) is 0 Å². The average Bonchev–Trinajstić information content (AvgIpc) is 2.94. The Morgan fingerprint density at radius 3 is 3.24 bits per heavy atom. The summed E-state index contributed by atoms with van der Waals surface area (Å²) in [6.45, 7) is 1.81. The number of benzene rings is 1. The van der Waals surface area contributed by atoms with Gasteiger partial charge in [-0.3, -0.25) is 4.68 Å². The minimum absolute atomic E-state index is 0.412. The van der Waals surface area contributed by atoms with Gasteiger partial charge in [-0.1, -0.05) is 0 Å². The lowest BCUT2D eigenvalue weighted by molar-refractivity contribution is 0.0998. The van der Waals surface area contributed by atoms with Crippen LogP contribution in [0.3, 0.4) is 0 Å². The van der Waals surface area contributed by atoms with Crippen LogP contribution in [0.15, 0.2) is 24.4 Å². The highest BCUT2D eigenvalue weighted by atomic mass is 16.5. The second-order valence-electron chi connectivity index (χ2n) is 4.61. The SMILES string of the molecule is Nc1ccc2cnn(CCC3CCCO3)c2c1. The van der Waals surface area contributed by atoms with Gasteiger partial charge >= 0.3 is 0 Å². The zero-order valence-electron chi connectivity index (χ0n) is 9.80. The predicted molar refractivity (Wildman–Crippen MR) is 67.7 cm³/mol. The van der Waals surface area contributed by atoms with Crippen molar-refractivity contribution in [1.82, 2.24) is 9.78 Å². The normalized spacial score (nSPS) is 20.1. The molecule has 0 spiro atoms. The number of hydrogen-bond acceptors (Lipinski definition) is 3. The molecular formula is C13H17N3O. The van der Waals surface area contributed by atoms with Crippen LogP contribution in [-0.2, 0) is 11.3 Å². The standard InChI is InChI=1S/C13H17N3O/c14-11-4-3-10-9-15-16(13(10)8-11)6-5-12-2-1-7-17-12/h3-4,8-9,12H,1-2,5-7,14H2. The quantitative estimate of drug-likeness (QED) is 0.824. The fraction of sp³-hybridized carbons (Fsp3) is 0.462. The maximum absolute atomic E-state index is 5.80. The Bertz CT molecular complexity index is 514. The van der Waals surface area contributed by atoms with Crippen molar-refractivity contribution in [1.29, 1.82) is 0 Å². The smallest absolute Gasteiger partial charge is 0.0702 e. The molecule has 4 nitrogen and oxygen atoms in total. The monoisotopic (exact) mass is 231 g/mol. The van der Waals surface area contributed by atoms with E-state index in [4.69, 9.17) is 10.5 Å². The molecule has 1 atom stereocenters. The van der Waals surface area contributed by atoms with Crippen molar-refractivity contribution in [2.45, 2.75) is 31.9 Å². The van der Waals surface area contributed by atoms with Crippen LogP contribution in [0, 0.1) is 0 Å². The molecule has 1 aliphatic rings. The van der Waals surface area contributed by atoms with Gasteiger partial charge in [-0.25, -0.2) is 0 Å². The van der Waals surface area contributed by atoms with Gasteiger partial charge in [-0.2, -0.15) is 5.10 Å². The first-order chi connectivity index (χ1) is 8.33. The Morgan fingerprint density at radius 2 is 2.41 bits per heavy atom. The predicted octanol–water partition coefficient (Wildman–Crippen LogP) is 2.19. The summed E-state index contributed by atoms with van der Waals surface area (Å²) in [4.78, 5) is 0. The molecule has 0 radical (unpaired) electrons. The molecule has 1 aromatic heterocycles. The number of aryl methyl sites for hydroxylation is 1. The molecule has 4 heteroatoms. The molecule has 0 amide bonds. The zero-order chi connectivity index (χ0) is 11.7. The first kappa shape index (κ1) is 10.6. The summed E-state index contributed by atoms with van der Waals surface area (Å²) in [5, 5.41) is 5.55. The summed E-state index contributed by atoms with van der Waals surface area (Å²) in [5.41, 5.74) is 7.71. The van der Waals surface area contributed by atoms with E-state index < -0.39 is 0 Å². The lowest BCUT2D eigenvalue weighted by Gasteiger charge is -2.09. The van der Waals surface area contributed by atoms with E-state index in [9.17, 15) is 0 Å². The Balaban J connectivity index is 1.77. The van der Waals surface area contributed by atoms with Crippen LogP contribution < -0.4 is 5.73 Å². The highest BCUT2D eigenvalue weighted by Crippen LogP contribution is 2.20. The van der Waals surface area contributed by atoms with Crippen molar-refractivity contribution in [2.24, 2.45) is 0 Å². The van der Waals surface area contributed by atoms with Crippen molar-refractivity contribution < 1.29 is 4.74 Å². The molecule has 1 fully saturated rings. The molecule has 90 valence electrons. The molecule has 1 unspecified atom stereocenters. The van der Waals surface area contributed by atoms with Gasteiger partial charge in [-0.15, -0.1) is 0 Å². The largest absolute Gasteiger partial charge is 0.399 e. The number of rotatable bonds is 3. The highest BCUT2D eigenvalue weighted by molar-refractivity contribution is 5.81. The van der Waals surface area contributed by atoms with Gasteiger partial charge in [0.05, 0.1) is 17.8 Å². The second-order valence-corrected chi connectivity index (χ2v) is 4.61. The van der Waals surface area contributed by atoms with Gasteiger partial charge < -0.3 is 10.5 Å². The molecule has 1 aromatic carbocycles. The van der Waals surface area contributed by atoms with Crippen molar-refractivity contribution in [3.05, 3.63) is 24.4 Å². The molecule has 1 saturated heterocycles. The van der Waals surface area contributed by atoms with E-state index in [0.29, 0.717) is 6.10 Å². The van der Waals surface area contributed by atoms with Gasteiger partial charge in [0, 0.05) is 24.2 Å². The first-order valence-electron chi connectivity index (χ1n) is 6.15. The van der Waals surface area contributed by atoms with Crippen LogP contribution in [0.2, 0.25) is 0 Å². The van der Waals surface area contributed by atoms with Crippen molar-refractivity contribution in [3.8, 4) is 0 Å². The summed E-state index contributed by atoms with van der Waals surface area (Å²) in [5.74, 6) is 0. The van der Waals surface area contributed by atoms with Crippen LogP contribution in [0.5, 0.6) is 0 Å². The van der Waals surface area contributed by atoms with E-state index in [1.165, 1.54) is 12.8 Å². The summed E-state index contributed by atoms with van der Waals surface area (Å²) in [6, 6.07) is 5.91. The summed E-state index contributed by atoms with van der Waals surface area (Å²) < 4.78 is 7.64. The number of nitrogens with zero attached hydrogens (tertiary/aromatic N) is 2. The number of nitrogen functional groups attached to an aromatic ring is 1. The number of ether oxygens (including phenoxy) is 1. The van der Waals surface area contributed by atoms with E-state index >= 15 is 0 Å². The van der Waals surface area contributed by atoms with Crippen molar-refractivity contribution in [2.75, 3.05) is 12.3 Å². The third-order valence-electron chi connectivity index (χ3n) is 3.36. The molecule has 2 heterocycles. The maximum Gasteiger partial charge on any atom is 0.0702 e. The number of hydrogen-bond donors (Lipinski definition) is 1. The fourth-order valence-electron chi connectivity index (χ4n) is 2.40. The van der Waals surface area contributed by atoms with Gasteiger partial charge in [0.15, 0.2) is 0 Å². The minimum atomic E-state index is 0.412. The third kappa shape index (κ3) is 2.13. The van der Waals surface area contributed by atoms with Crippen LogP contribution >= 0.6 is 0 Å². The van der Waals surface area contributed by atoms with Crippen molar-refractivity contribution in [3.63, 3.8) is 0 Å². The number of anilines is 1. The minimum Gasteiger partial charge on any atom is -0.399 e. The zero-order valence-corrected chi connectivity index (χ0v) is 9.80. The van der Waals surface area contributed by atoms with Crippen LogP contribution in [0.4, 0.5) is 5.69 Å². The van der Waals surface area contributed by atoms with E-state index in [2.05, 4.69) is 5.10 Å². The second kappa shape index (κ2) is 4.37. The molecular weight excluding hydrogens is 214 g/mol. The van der Waals surface area contributed by atoms with Crippen LogP contribution in [0.25, 0.3) is 10.9 Å². The molecule has 17 heavy (non-hydrogen) atoms. The average molecular weight is 231 g/mol. The molecule has 3 rings (SSSR count). The summed E-state index contributed by atoms with van der Waals surface area (Å²) in [7, 11) is 0. The molecule has 0 aliphatic carbocycles. The molecule has 0 bridgehead atoms. The summed E-state index contributed by atoms with van der Waals surface area (Å²) in [6.07, 6.45) is 5.71. The number of aromatic nitrogens is 2. The van der Waals surface area contributed by atoms with E-state index in [-0.39, 0.29) is 0 Å². The van der Waals surface area contributed by atoms with Gasteiger partial charge in [0.25, 0.3) is 0 Å². The molecule has 0 saturated carbocycles. The molecule has 2 aromatic rings. The highest BCUT2D eigenvalue weighted by Gasteiger charge is 2.15.